The van der Waals surface area contributed by atoms with Crippen LogP contribution in [-0.4, -0.2) is 18.0 Å². The number of hydrogen-bond acceptors (Lipinski definition) is 4. The molecule has 1 aromatic heterocycles. The maximum atomic E-state index is 10.8. The molecule has 0 atom stereocenters. The Balaban J connectivity index is 2.30. The van der Waals surface area contributed by atoms with Gasteiger partial charge >= 0.3 is 10.3 Å². The van der Waals surface area contributed by atoms with E-state index in [0.717, 1.165) is 0 Å². The lowest BCUT2D eigenvalue weighted by molar-refractivity contribution is 0.489. The van der Waals surface area contributed by atoms with Crippen LogP contribution in [-0.2, 0) is 10.3 Å². The third-order valence-electron chi connectivity index (χ3n) is 2.16. The highest BCUT2D eigenvalue weighted by atomic mass is 35.5. The van der Waals surface area contributed by atoms with Crippen molar-refractivity contribution in [3.63, 3.8) is 0 Å². The molecule has 6 nitrogen and oxygen atoms in total. The van der Waals surface area contributed by atoms with Gasteiger partial charge in [0, 0.05) is 16.9 Å². The Labute approximate surface area is 115 Å². The number of halogens is 1. The Hall–Kier alpha value is -1.83. The molecule has 2 rings (SSSR count). The topological polar surface area (TPSA) is 91.3 Å². The molecule has 0 aliphatic rings. The summed E-state index contributed by atoms with van der Waals surface area (Å²) in [4.78, 5) is 3.78. The molecule has 0 bridgehead atoms. The van der Waals surface area contributed by atoms with E-state index in [9.17, 15) is 8.42 Å². The van der Waals surface area contributed by atoms with E-state index in [1.165, 1.54) is 12.4 Å². The SMILES string of the molecule is O=S(=O)(O)Nc1cnccc1Nc1cccc(Cl)c1. The van der Waals surface area contributed by atoms with Crippen molar-refractivity contribution in [3.05, 3.63) is 47.7 Å². The lowest BCUT2D eigenvalue weighted by Gasteiger charge is -2.11. The molecule has 0 unspecified atom stereocenters. The summed E-state index contributed by atoms with van der Waals surface area (Å²) in [5.41, 5.74) is 1.25. The average Bonchev–Trinajstić information content (AvgIpc) is 2.30. The van der Waals surface area contributed by atoms with Gasteiger partial charge in [0.2, 0.25) is 0 Å². The van der Waals surface area contributed by atoms with Gasteiger partial charge < -0.3 is 5.32 Å². The predicted octanol–water partition coefficient (Wildman–Crippen LogP) is 2.69. The van der Waals surface area contributed by atoms with Gasteiger partial charge in [-0.1, -0.05) is 17.7 Å². The molecular formula is C11H10ClN3O3S. The minimum absolute atomic E-state index is 0.130. The van der Waals surface area contributed by atoms with Crippen molar-refractivity contribution >= 4 is 39.0 Å². The van der Waals surface area contributed by atoms with Gasteiger partial charge in [-0.15, -0.1) is 0 Å². The van der Waals surface area contributed by atoms with Gasteiger partial charge in [-0.2, -0.15) is 8.42 Å². The summed E-state index contributed by atoms with van der Waals surface area (Å²) in [7, 11) is -4.36. The summed E-state index contributed by atoms with van der Waals surface area (Å²) in [6.45, 7) is 0. The van der Waals surface area contributed by atoms with Crippen molar-refractivity contribution in [3.8, 4) is 0 Å². The zero-order chi connectivity index (χ0) is 13.9. The Morgan fingerprint density at radius 2 is 2.00 bits per heavy atom. The Bertz CT molecular complexity index is 691. The van der Waals surface area contributed by atoms with Crippen LogP contribution in [0.3, 0.4) is 0 Å². The van der Waals surface area contributed by atoms with Crippen molar-refractivity contribution < 1.29 is 13.0 Å². The predicted molar refractivity (Wildman–Crippen MR) is 74.1 cm³/mol. The first-order valence-corrected chi connectivity index (χ1v) is 6.98. The molecule has 1 heterocycles. The highest BCUT2D eigenvalue weighted by Crippen LogP contribution is 2.26. The van der Waals surface area contributed by atoms with E-state index in [-0.39, 0.29) is 5.69 Å². The highest BCUT2D eigenvalue weighted by Gasteiger charge is 2.09. The molecular weight excluding hydrogens is 290 g/mol. The second-order valence-electron chi connectivity index (χ2n) is 3.63. The van der Waals surface area contributed by atoms with Crippen molar-refractivity contribution in [2.45, 2.75) is 0 Å². The van der Waals surface area contributed by atoms with Crippen molar-refractivity contribution in [2.75, 3.05) is 10.0 Å². The van der Waals surface area contributed by atoms with Gasteiger partial charge in [-0.05, 0) is 24.3 Å². The molecule has 0 fully saturated rings. The van der Waals surface area contributed by atoms with Gasteiger partial charge in [-0.25, -0.2) is 0 Å². The monoisotopic (exact) mass is 299 g/mol. The molecule has 2 aromatic rings. The number of aromatic nitrogens is 1. The van der Waals surface area contributed by atoms with Crippen molar-refractivity contribution in [1.82, 2.24) is 4.98 Å². The first kappa shape index (κ1) is 13.6. The van der Waals surface area contributed by atoms with Gasteiger partial charge in [0.05, 0.1) is 17.6 Å². The molecule has 0 aliphatic heterocycles. The smallest absolute Gasteiger partial charge is 0.354 e. The van der Waals surface area contributed by atoms with Crippen LogP contribution >= 0.6 is 11.6 Å². The third kappa shape index (κ3) is 4.09. The number of anilines is 3. The lowest BCUT2D eigenvalue weighted by atomic mass is 10.3. The van der Waals surface area contributed by atoms with E-state index < -0.39 is 10.3 Å². The fourth-order valence-corrected chi connectivity index (χ4v) is 2.08. The summed E-state index contributed by atoms with van der Waals surface area (Å²) >= 11 is 5.85. The first-order valence-electron chi connectivity index (χ1n) is 5.16. The average molecular weight is 300 g/mol. The van der Waals surface area contributed by atoms with Gasteiger partial charge in [-0.3, -0.25) is 14.3 Å². The lowest BCUT2D eigenvalue weighted by Crippen LogP contribution is -2.12. The van der Waals surface area contributed by atoms with Crippen LogP contribution < -0.4 is 10.0 Å². The van der Waals surface area contributed by atoms with Crippen LogP contribution in [0.1, 0.15) is 0 Å². The summed E-state index contributed by atoms with van der Waals surface area (Å²) in [6, 6.07) is 8.48. The second-order valence-corrected chi connectivity index (χ2v) is 5.22. The summed E-state index contributed by atoms with van der Waals surface area (Å²) in [6.07, 6.45) is 2.77. The van der Waals surface area contributed by atoms with E-state index in [4.69, 9.17) is 16.2 Å². The summed E-state index contributed by atoms with van der Waals surface area (Å²) < 4.78 is 32.4. The van der Waals surface area contributed by atoms with Crippen LogP contribution in [0.15, 0.2) is 42.7 Å². The molecule has 3 N–H and O–H groups in total. The fraction of sp³-hybridized carbons (Fsp3) is 0. The maximum absolute atomic E-state index is 10.8. The molecule has 0 saturated carbocycles. The van der Waals surface area contributed by atoms with E-state index in [1.54, 1.807) is 30.3 Å². The number of rotatable bonds is 4. The Morgan fingerprint density at radius 3 is 2.68 bits per heavy atom. The molecule has 19 heavy (non-hydrogen) atoms. The Kier molecular flexibility index (Phi) is 3.89. The quantitative estimate of drug-likeness (QED) is 0.755. The zero-order valence-electron chi connectivity index (χ0n) is 9.54. The number of pyridine rings is 1. The molecule has 0 amide bonds. The standard InChI is InChI=1S/C11H10ClN3O3S/c12-8-2-1-3-9(6-8)14-10-4-5-13-7-11(10)15-19(16,17)18/h1-7,15H,(H,13,14)(H,16,17,18). The number of hydrogen-bond donors (Lipinski definition) is 3. The zero-order valence-corrected chi connectivity index (χ0v) is 11.1. The molecule has 1 aromatic carbocycles. The van der Waals surface area contributed by atoms with Crippen molar-refractivity contribution in [1.29, 1.82) is 0 Å². The van der Waals surface area contributed by atoms with Crippen LogP contribution in [0, 0.1) is 0 Å². The number of benzene rings is 1. The van der Waals surface area contributed by atoms with Gasteiger partial charge in [0.15, 0.2) is 0 Å². The number of nitrogens with zero attached hydrogens (tertiary/aromatic N) is 1. The van der Waals surface area contributed by atoms with E-state index >= 15 is 0 Å². The van der Waals surface area contributed by atoms with E-state index in [2.05, 4.69) is 10.3 Å². The van der Waals surface area contributed by atoms with Crippen molar-refractivity contribution in [2.24, 2.45) is 0 Å². The molecule has 0 saturated heterocycles. The van der Waals surface area contributed by atoms with Gasteiger partial charge in [0.25, 0.3) is 0 Å². The second kappa shape index (κ2) is 5.43. The van der Waals surface area contributed by atoms with Crippen LogP contribution in [0.25, 0.3) is 0 Å². The molecule has 8 heteroatoms. The minimum Gasteiger partial charge on any atom is -0.354 e. The van der Waals surface area contributed by atoms with Crippen LogP contribution in [0.2, 0.25) is 5.02 Å². The molecule has 0 radical (unpaired) electrons. The van der Waals surface area contributed by atoms with E-state index in [1.807, 2.05) is 4.72 Å². The first-order chi connectivity index (χ1) is 8.94. The number of nitrogens with one attached hydrogen (secondary N) is 2. The summed E-state index contributed by atoms with van der Waals surface area (Å²) in [5, 5.41) is 3.52. The minimum atomic E-state index is -4.36. The third-order valence-corrected chi connectivity index (χ3v) is 2.88. The molecule has 100 valence electrons. The Morgan fingerprint density at radius 1 is 1.21 bits per heavy atom. The molecule has 0 aliphatic carbocycles. The molecule has 0 spiro atoms. The maximum Gasteiger partial charge on any atom is 0.357 e. The fourth-order valence-electron chi connectivity index (χ4n) is 1.45. The van der Waals surface area contributed by atoms with Gasteiger partial charge in [0.1, 0.15) is 0 Å². The normalized spacial score (nSPS) is 11.1. The van der Waals surface area contributed by atoms with E-state index in [0.29, 0.717) is 16.4 Å². The van der Waals surface area contributed by atoms with Crippen LogP contribution in [0.5, 0.6) is 0 Å². The largest absolute Gasteiger partial charge is 0.357 e. The summed E-state index contributed by atoms with van der Waals surface area (Å²) in [5.74, 6) is 0. The highest BCUT2D eigenvalue weighted by molar-refractivity contribution is 7.87. The van der Waals surface area contributed by atoms with Crippen LogP contribution in [0.4, 0.5) is 17.1 Å².